The van der Waals surface area contributed by atoms with Gasteiger partial charge in [0.1, 0.15) is 35.3 Å². The van der Waals surface area contributed by atoms with Crippen molar-refractivity contribution in [1.82, 2.24) is 0 Å². The molecule has 7 rings (SSSR count). The number of hydrogen-bond donors (Lipinski definition) is 0. The quantitative estimate of drug-likeness (QED) is 0.0559. The summed E-state index contributed by atoms with van der Waals surface area (Å²) in [6.07, 6.45) is 12.2. The summed E-state index contributed by atoms with van der Waals surface area (Å²) in [6.45, 7) is 12.9. The van der Waals surface area contributed by atoms with E-state index in [1.54, 1.807) is 147 Å². The maximum Gasteiger partial charge on any atom is 0.292 e. The number of ether oxygens (including phenoxy) is 3. The zero-order valence-corrected chi connectivity index (χ0v) is 44.7. The van der Waals surface area contributed by atoms with Gasteiger partial charge in [-0.05, 0) is 154 Å². The molecule has 0 aliphatic carbocycles. The normalized spacial score (nSPS) is 8.98. The molecule has 7 aromatic rings. The Kier molecular flexibility index (Phi) is 25.3. The fourth-order valence-electron chi connectivity index (χ4n) is 6.28. The predicted octanol–water partition coefficient (Wildman–Crippen LogP) is 14.7. The number of benzene rings is 7. The Morgan fingerprint density at radius 2 is 0.537 bits per heavy atom. The van der Waals surface area contributed by atoms with Crippen LogP contribution in [0.25, 0.3) is 0 Å². The lowest BCUT2D eigenvalue weighted by Crippen LogP contribution is -1.85. The van der Waals surface area contributed by atoms with Gasteiger partial charge >= 0.3 is 0 Å². The molecular formula is C60H42N14O8. The Balaban J connectivity index is 0.000000239. The molecule has 82 heavy (non-hydrogen) atoms. The zero-order valence-electron chi connectivity index (χ0n) is 44.7. The molecule has 0 amide bonds. The van der Waals surface area contributed by atoms with Crippen LogP contribution in [0.15, 0.2) is 182 Å². The van der Waals surface area contributed by atoms with E-state index in [4.69, 9.17) is 30.0 Å². The van der Waals surface area contributed by atoms with Crippen LogP contribution >= 0.6 is 0 Å². The summed E-state index contributed by atoms with van der Waals surface area (Å²) < 4.78 is 14.4. The van der Waals surface area contributed by atoms with E-state index in [0.29, 0.717) is 79.8 Å². The zero-order chi connectivity index (χ0) is 59.7. The number of nitriles is 3. The van der Waals surface area contributed by atoms with E-state index in [0.717, 1.165) is 38.9 Å². The first-order chi connectivity index (χ1) is 39.7. The second-order valence-electron chi connectivity index (χ2n) is 16.3. The first-order valence-electron chi connectivity index (χ1n) is 23.5. The van der Waals surface area contributed by atoms with Gasteiger partial charge in [-0.25, -0.2) is 24.0 Å². The highest BCUT2D eigenvalue weighted by Gasteiger charge is 2.05. The van der Waals surface area contributed by atoms with Crippen molar-refractivity contribution in [3.8, 4) is 36.0 Å². The first kappa shape index (κ1) is 62.0. The Labute approximate surface area is 469 Å². The average molecular weight is 1090 g/mol. The molecule has 0 saturated heterocycles. The lowest BCUT2D eigenvalue weighted by atomic mass is 10.2. The molecular weight excluding hydrogens is 1040 g/mol. The fraction of sp³-hybridized carbons (Fsp3) is 0.117. The molecule has 0 bridgehead atoms. The van der Waals surface area contributed by atoms with E-state index in [9.17, 15) is 24.0 Å². The smallest absolute Gasteiger partial charge is 0.292 e. The van der Waals surface area contributed by atoms with Crippen molar-refractivity contribution < 1.29 is 38.2 Å². The molecule has 22 heteroatoms. The van der Waals surface area contributed by atoms with Crippen LogP contribution < -0.4 is 14.2 Å². The van der Waals surface area contributed by atoms with E-state index in [-0.39, 0.29) is 0 Å². The number of aliphatic imine (C=N–C) groups is 11. The van der Waals surface area contributed by atoms with Gasteiger partial charge < -0.3 is 14.2 Å². The molecule has 0 N–H and O–H groups in total. The summed E-state index contributed by atoms with van der Waals surface area (Å²) in [7, 11) is 0. The minimum atomic E-state index is 0.400. The van der Waals surface area contributed by atoms with Crippen molar-refractivity contribution in [2.45, 2.75) is 48.5 Å². The maximum atomic E-state index is 10.4. The third kappa shape index (κ3) is 20.5. The van der Waals surface area contributed by atoms with Gasteiger partial charge in [0.2, 0.25) is 30.4 Å². The van der Waals surface area contributed by atoms with Gasteiger partial charge in [-0.2, -0.15) is 54.9 Å². The van der Waals surface area contributed by atoms with E-state index >= 15 is 0 Å². The third-order valence-corrected chi connectivity index (χ3v) is 10.7. The molecule has 0 radical (unpaired) electrons. The van der Waals surface area contributed by atoms with Gasteiger partial charge in [0.25, 0.3) is 18.8 Å². The van der Waals surface area contributed by atoms with Gasteiger partial charge in [-0.1, -0.05) is 42.5 Å². The molecule has 7 aromatic carbocycles. The molecule has 0 saturated carbocycles. The third-order valence-electron chi connectivity index (χ3n) is 10.7. The molecule has 400 valence electrons. The lowest BCUT2D eigenvalue weighted by molar-refractivity contribution is 0.503. The number of isocyanates is 5. The molecule has 0 unspecified atom stereocenters. The highest BCUT2D eigenvalue weighted by Crippen LogP contribution is 2.30. The molecule has 22 nitrogen and oxygen atoms in total. The van der Waals surface area contributed by atoms with Crippen molar-refractivity contribution in [1.29, 1.82) is 15.8 Å². The summed E-state index contributed by atoms with van der Waals surface area (Å²) in [6, 6.07) is 43.6. The molecule has 0 aromatic heterocycles. The van der Waals surface area contributed by atoms with Gasteiger partial charge in [0.05, 0.1) is 62.6 Å². The molecule has 0 fully saturated rings. The highest BCUT2D eigenvalue weighted by atomic mass is 16.5. The Morgan fingerprint density at radius 3 is 0.866 bits per heavy atom. The van der Waals surface area contributed by atoms with Crippen molar-refractivity contribution >= 4 is 111 Å². The van der Waals surface area contributed by atoms with Crippen LogP contribution in [0.3, 0.4) is 0 Å². The van der Waals surface area contributed by atoms with Crippen molar-refractivity contribution in [3.05, 3.63) is 166 Å². The summed E-state index contributed by atoms with van der Waals surface area (Å²) in [5, 5.41) is 25.7. The molecule has 0 atom stereocenters. The van der Waals surface area contributed by atoms with Gasteiger partial charge in [-0.3, -0.25) is 0 Å². The standard InChI is InChI=1S/3C17H12N4O2.C9H6N2O2/c1-12-3-5-14(21-11-22)7-16(12)19-10-20-17-8-15(23-9-18)6-4-13(17)2;1-12-3-5-14(21-11-22)7-16(12)20-10-19-15-6-4-13(2)17(8-15)23-9-18;1-12-3-5-14(7-16(12)21-11-22)19-10-20-15-6-4-13(2)17(8-15)23-9-18;1-7-2-3-8(10-5-12)4-9(7)11-6-13/h3*3-8H,1-2H3;2-4H,1H3. The van der Waals surface area contributed by atoms with Crippen LogP contribution in [0, 0.1) is 83.0 Å². The maximum absolute atomic E-state index is 10.4. The van der Waals surface area contributed by atoms with Crippen molar-refractivity contribution in [2.75, 3.05) is 0 Å². The SMILES string of the molecule is Cc1ccc(N=C=Nc2ccc(C)c(OC#N)c2)cc1N=C=O.Cc1ccc(N=C=O)cc1N=C=Nc1cc(OC#N)ccc1C.Cc1ccc(N=C=O)cc1N=C=Nc1ccc(C)c(OC#N)c1.Cc1ccc(N=C=O)cc1N=C=O. The fourth-order valence-corrected chi connectivity index (χ4v) is 6.28. The first-order valence-corrected chi connectivity index (χ1v) is 23.5. The second-order valence-corrected chi connectivity index (χ2v) is 16.3. The number of aryl methyl sites for hydroxylation is 7. The van der Waals surface area contributed by atoms with Crippen LogP contribution in [0.5, 0.6) is 17.2 Å². The largest absolute Gasteiger partial charge is 0.388 e. The van der Waals surface area contributed by atoms with Crippen LogP contribution in [0.2, 0.25) is 0 Å². The topological polar surface area (TPSA) is 320 Å². The number of nitrogens with zero attached hydrogens (tertiary/aromatic N) is 14. The minimum absolute atomic E-state index is 0.400. The van der Waals surface area contributed by atoms with E-state index in [1.807, 2.05) is 41.5 Å². The molecule has 0 aliphatic rings. The molecule has 0 spiro atoms. The summed E-state index contributed by atoms with van der Waals surface area (Å²) in [4.78, 5) is 93.1. The van der Waals surface area contributed by atoms with Crippen LogP contribution in [-0.4, -0.2) is 48.4 Å². The van der Waals surface area contributed by atoms with E-state index in [1.165, 1.54) is 36.5 Å². The number of rotatable bonds is 14. The Bertz CT molecular complexity index is 4100. The lowest BCUT2D eigenvalue weighted by Gasteiger charge is -2.01. The second kappa shape index (κ2) is 33.5. The van der Waals surface area contributed by atoms with Crippen molar-refractivity contribution in [3.63, 3.8) is 0 Å². The van der Waals surface area contributed by atoms with Crippen LogP contribution in [0.4, 0.5) is 62.6 Å². The monoisotopic (exact) mass is 1090 g/mol. The summed E-state index contributed by atoms with van der Waals surface area (Å²) in [5.74, 6) is 1.28. The van der Waals surface area contributed by atoms with Crippen molar-refractivity contribution in [2.24, 2.45) is 54.9 Å². The van der Waals surface area contributed by atoms with E-state index in [2.05, 4.69) is 72.9 Å². The van der Waals surface area contributed by atoms with Gasteiger partial charge in [-0.15, -0.1) is 15.8 Å². The highest BCUT2D eigenvalue weighted by molar-refractivity contribution is 5.68. The van der Waals surface area contributed by atoms with Crippen LogP contribution in [-0.2, 0) is 24.0 Å². The van der Waals surface area contributed by atoms with Crippen LogP contribution in [0.1, 0.15) is 38.9 Å². The number of hydrogen-bond acceptors (Lipinski definition) is 22. The Morgan fingerprint density at radius 1 is 0.280 bits per heavy atom. The minimum Gasteiger partial charge on any atom is -0.388 e. The molecule has 0 aliphatic heterocycles. The van der Waals surface area contributed by atoms with Gasteiger partial charge in [0.15, 0.2) is 0 Å². The molecule has 0 heterocycles. The summed E-state index contributed by atoms with van der Waals surface area (Å²) >= 11 is 0. The average Bonchev–Trinajstić information content (AvgIpc) is 3.47. The predicted molar refractivity (Wildman–Crippen MR) is 303 cm³/mol. The van der Waals surface area contributed by atoms with Gasteiger partial charge in [0, 0.05) is 18.2 Å². The Hall–Kier alpha value is -12.6. The van der Waals surface area contributed by atoms with E-state index < -0.39 is 0 Å². The summed E-state index contributed by atoms with van der Waals surface area (Å²) in [5.41, 5.74) is 11.8. The number of carbonyl (C=O) groups excluding carboxylic acids is 5.